The van der Waals surface area contributed by atoms with Crippen molar-refractivity contribution < 1.29 is 14.6 Å². The summed E-state index contributed by atoms with van der Waals surface area (Å²) >= 11 is 1.60. The molecule has 2 heterocycles. The highest BCUT2D eigenvalue weighted by Crippen LogP contribution is 2.24. The fourth-order valence-electron chi connectivity index (χ4n) is 1.59. The molecule has 0 spiro atoms. The highest BCUT2D eigenvalue weighted by Gasteiger charge is 2.19. The van der Waals surface area contributed by atoms with E-state index in [1.54, 1.807) is 23.6 Å². The van der Waals surface area contributed by atoms with E-state index < -0.39 is 12.1 Å². The molecular formula is C14H13NO3S. The number of nitrogens with zero attached hydrogens (tertiary/aromatic N) is 1. The van der Waals surface area contributed by atoms with Crippen molar-refractivity contribution in [3.63, 3.8) is 0 Å². The molecule has 0 aliphatic rings. The predicted molar refractivity (Wildman–Crippen MR) is 73.7 cm³/mol. The van der Waals surface area contributed by atoms with Gasteiger partial charge in [0.2, 0.25) is 0 Å². The summed E-state index contributed by atoms with van der Waals surface area (Å²) in [7, 11) is 1.24. The van der Waals surface area contributed by atoms with Gasteiger partial charge in [-0.25, -0.2) is 4.79 Å². The van der Waals surface area contributed by atoms with E-state index in [9.17, 15) is 9.90 Å². The minimum Gasteiger partial charge on any atom is -0.466 e. The third kappa shape index (κ3) is 2.89. The highest BCUT2D eigenvalue weighted by molar-refractivity contribution is 7.08. The minimum atomic E-state index is -1.15. The van der Waals surface area contributed by atoms with Crippen molar-refractivity contribution in [1.82, 2.24) is 4.98 Å². The van der Waals surface area contributed by atoms with Gasteiger partial charge in [-0.2, -0.15) is 11.3 Å². The Balaban J connectivity index is 2.19. The van der Waals surface area contributed by atoms with Crippen molar-refractivity contribution in [3.05, 3.63) is 53.0 Å². The van der Waals surface area contributed by atoms with Gasteiger partial charge >= 0.3 is 5.97 Å². The van der Waals surface area contributed by atoms with Crippen LogP contribution < -0.4 is 0 Å². The van der Waals surface area contributed by atoms with Crippen molar-refractivity contribution in [2.75, 3.05) is 7.11 Å². The van der Waals surface area contributed by atoms with Crippen molar-refractivity contribution >= 4 is 17.3 Å². The molecule has 0 saturated heterocycles. The maximum Gasteiger partial charge on any atom is 0.336 e. The molecule has 2 aromatic heterocycles. The van der Waals surface area contributed by atoms with Gasteiger partial charge in [0.05, 0.1) is 18.4 Å². The standard InChI is InChI=1S/C14H13NO3S/c1-9(14(17)18-2)13(16)12-4-3-10(7-15-12)11-5-6-19-8-11/h3-8,13,16H,1H2,2H3. The number of carbonyl (C=O) groups is 1. The van der Waals surface area contributed by atoms with Crippen molar-refractivity contribution in [2.24, 2.45) is 0 Å². The molecule has 1 unspecified atom stereocenters. The van der Waals surface area contributed by atoms with Gasteiger partial charge in [-0.3, -0.25) is 4.98 Å². The first-order valence-electron chi connectivity index (χ1n) is 5.57. The van der Waals surface area contributed by atoms with Crippen LogP contribution in [0.1, 0.15) is 11.8 Å². The maximum absolute atomic E-state index is 11.3. The SMILES string of the molecule is C=C(C(=O)OC)C(O)c1ccc(-c2ccsc2)cn1. The van der Waals surface area contributed by atoms with Crippen molar-refractivity contribution in [2.45, 2.75) is 6.10 Å². The van der Waals surface area contributed by atoms with Crippen LogP contribution in [-0.2, 0) is 9.53 Å². The zero-order valence-corrected chi connectivity index (χ0v) is 11.2. The van der Waals surface area contributed by atoms with Crippen LogP contribution in [0.25, 0.3) is 11.1 Å². The first kappa shape index (κ1) is 13.5. The lowest BCUT2D eigenvalue weighted by Gasteiger charge is -2.11. The molecule has 0 aliphatic carbocycles. The van der Waals surface area contributed by atoms with E-state index in [4.69, 9.17) is 0 Å². The lowest BCUT2D eigenvalue weighted by atomic mass is 10.1. The Bertz CT molecular complexity index is 575. The monoisotopic (exact) mass is 275 g/mol. The number of aromatic nitrogens is 1. The van der Waals surface area contributed by atoms with Gasteiger partial charge in [0.15, 0.2) is 0 Å². The molecule has 4 nitrogen and oxygen atoms in total. The number of aliphatic hydroxyl groups excluding tert-OH is 1. The van der Waals surface area contributed by atoms with E-state index in [1.807, 2.05) is 22.9 Å². The maximum atomic E-state index is 11.3. The quantitative estimate of drug-likeness (QED) is 0.688. The summed E-state index contributed by atoms with van der Waals surface area (Å²) in [5.41, 5.74) is 2.37. The van der Waals surface area contributed by atoms with Gasteiger partial charge in [0.25, 0.3) is 0 Å². The Morgan fingerprint density at radius 1 is 1.42 bits per heavy atom. The molecule has 2 rings (SSSR count). The van der Waals surface area contributed by atoms with Crippen molar-refractivity contribution in [1.29, 1.82) is 0 Å². The number of methoxy groups -OCH3 is 1. The summed E-state index contributed by atoms with van der Waals surface area (Å²) in [5.74, 6) is -0.642. The van der Waals surface area contributed by atoms with Gasteiger partial charge in [-0.1, -0.05) is 12.6 Å². The molecular weight excluding hydrogens is 262 g/mol. The van der Waals surface area contributed by atoms with Gasteiger partial charge in [-0.15, -0.1) is 0 Å². The number of aliphatic hydroxyl groups is 1. The molecule has 0 bridgehead atoms. The molecule has 1 N–H and O–H groups in total. The van der Waals surface area contributed by atoms with Crippen LogP contribution in [0.2, 0.25) is 0 Å². The van der Waals surface area contributed by atoms with Crippen LogP contribution in [0.4, 0.5) is 0 Å². The number of carbonyl (C=O) groups excluding carboxylic acids is 1. The average molecular weight is 275 g/mol. The summed E-state index contributed by atoms with van der Waals surface area (Å²) in [6.07, 6.45) is 0.509. The Labute approximate surface area is 115 Å². The van der Waals surface area contributed by atoms with Gasteiger partial charge in [0.1, 0.15) is 6.10 Å². The minimum absolute atomic E-state index is 0.0294. The van der Waals surface area contributed by atoms with E-state index in [0.29, 0.717) is 5.69 Å². The third-order valence-electron chi connectivity index (χ3n) is 2.70. The summed E-state index contributed by atoms with van der Waals surface area (Å²) in [6, 6.07) is 5.51. The van der Waals surface area contributed by atoms with Crippen LogP contribution in [0.15, 0.2) is 47.3 Å². The fourth-order valence-corrected chi connectivity index (χ4v) is 2.25. The second-order valence-electron chi connectivity index (χ2n) is 3.90. The summed E-state index contributed by atoms with van der Waals surface area (Å²) in [6.45, 7) is 3.51. The van der Waals surface area contributed by atoms with Crippen LogP contribution in [0.3, 0.4) is 0 Å². The van der Waals surface area contributed by atoms with Crippen LogP contribution in [0, 0.1) is 0 Å². The molecule has 0 aromatic carbocycles. The summed E-state index contributed by atoms with van der Waals surface area (Å²) < 4.78 is 4.51. The van der Waals surface area contributed by atoms with Gasteiger partial charge in [-0.05, 0) is 28.5 Å². The predicted octanol–water partition coefficient (Wildman–Crippen LogP) is 2.57. The Morgan fingerprint density at radius 3 is 2.74 bits per heavy atom. The van der Waals surface area contributed by atoms with Crippen LogP contribution in [-0.4, -0.2) is 23.2 Å². The van der Waals surface area contributed by atoms with E-state index in [0.717, 1.165) is 11.1 Å². The Kier molecular flexibility index (Phi) is 4.09. The smallest absolute Gasteiger partial charge is 0.336 e. The second kappa shape index (κ2) is 5.77. The Hall–Kier alpha value is -1.98. The van der Waals surface area contributed by atoms with Gasteiger partial charge in [0, 0.05) is 11.8 Å². The zero-order chi connectivity index (χ0) is 13.8. The van der Waals surface area contributed by atoms with Gasteiger partial charge < -0.3 is 9.84 Å². The van der Waals surface area contributed by atoms with Crippen molar-refractivity contribution in [3.8, 4) is 11.1 Å². The topological polar surface area (TPSA) is 59.4 Å². The molecule has 5 heteroatoms. The first-order chi connectivity index (χ1) is 9.13. The summed E-state index contributed by atoms with van der Waals surface area (Å²) in [5, 5.41) is 13.9. The summed E-state index contributed by atoms with van der Waals surface area (Å²) in [4.78, 5) is 15.4. The number of pyridine rings is 1. The first-order valence-corrected chi connectivity index (χ1v) is 6.51. The molecule has 0 fully saturated rings. The zero-order valence-electron chi connectivity index (χ0n) is 10.4. The normalized spacial score (nSPS) is 11.9. The van der Waals surface area contributed by atoms with Crippen LogP contribution in [0.5, 0.6) is 0 Å². The molecule has 2 aromatic rings. The number of rotatable bonds is 4. The Morgan fingerprint density at radius 2 is 2.21 bits per heavy atom. The largest absolute Gasteiger partial charge is 0.466 e. The number of esters is 1. The second-order valence-corrected chi connectivity index (χ2v) is 4.68. The lowest BCUT2D eigenvalue weighted by Crippen LogP contribution is -2.13. The molecule has 0 saturated carbocycles. The molecule has 0 aliphatic heterocycles. The number of hydrogen-bond acceptors (Lipinski definition) is 5. The van der Waals surface area contributed by atoms with E-state index in [1.165, 1.54) is 7.11 Å². The van der Waals surface area contributed by atoms with E-state index >= 15 is 0 Å². The lowest BCUT2D eigenvalue weighted by molar-refractivity contribution is -0.137. The van der Waals surface area contributed by atoms with E-state index in [2.05, 4.69) is 16.3 Å². The van der Waals surface area contributed by atoms with Crippen LogP contribution >= 0.6 is 11.3 Å². The number of hydrogen-bond donors (Lipinski definition) is 1. The fraction of sp³-hybridized carbons (Fsp3) is 0.143. The molecule has 19 heavy (non-hydrogen) atoms. The third-order valence-corrected chi connectivity index (χ3v) is 3.38. The molecule has 0 radical (unpaired) electrons. The van der Waals surface area contributed by atoms with E-state index in [-0.39, 0.29) is 5.57 Å². The number of thiophene rings is 1. The molecule has 0 amide bonds. The average Bonchev–Trinajstić information content (AvgIpc) is 2.99. The molecule has 1 atom stereocenters. The highest BCUT2D eigenvalue weighted by atomic mass is 32.1. The molecule has 98 valence electrons. The number of ether oxygens (including phenoxy) is 1.